The van der Waals surface area contributed by atoms with Crippen molar-refractivity contribution in [3.63, 3.8) is 0 Å². The van der Waals surface area contributed by atoms with Gasteiger partial charge in [0, 0.05) is 25.7 Å². The third-order valence-electron chi connectivity index (χ3n) is 17.0. The molecule has 0 aromatic heterocycles. The zero-order valence-corrected chi connectivity index (χ0v) is 61.1. The average molecular weight is 1340 g/mol. The quantitative estimate of drug-likeness (QED) is 0.0222. The van der Waals surface area contributed by atoms with Gasteiger partial charge in [-0.25, -0.2) is 9.13 Å². The summed E-state index contributed by atoms with van der Waals surface area (Å²) in [5.74, 6) is 0.0888. The first kappa shape index (κ1) is 89.1. The van der Waals surface area contributed by atoms with Crippen molar-refractivity contribution < 1.29 is 80.2 Å². The molecule has 19 heteroatoms. The molecule has 0 spiro atoms. The summed E-state index contributed by atoms with van der Waals surface area (Å²) in [4.78, 5) is 72.4. The molecule has 0 bridgehead atoms. The molecule has 91 heavy (non-hydrogen) atoms. The van der Waals surface area contributed by atoms with E-state index in [0.29, 0.717) is 37.5 Å². The molecule has 0 radical (unpaired) electrons. The maximum absolute atomic E-state index is 13.0. The van der Waals surface area contributed by atoms with Crippen LogP contribution in [0.2, 0.25) is 0 Å². The molecular weight excluding hydrogens is 1200 g/mol. The number of hydrogen-bond acceptors (Lipinski definition) is 15. The van der Waals surface area contributed by atoms with Gasteiger partial charge in [-0.15, -0.1) is 0 Å². The Morgan fingerprint density at radius 1 is 0.319 bits per heavy atom. The van der Waals surface area contributed by atoms with Crippen molar-refractivity contribution in [3.8, 4) is 0 Å². The van der Waals surface area contributed by atoms with E-state index in [9.17, 15) is 43.2 Å². The molecule has 0 aliphatic heterocycles. The summed E-state index contributed by atoms with van der Waals surface area (Å²) >= 11 is 0. The van der Waals surface area contributed by atoms with Crippen molar-refractivity contribution >= 4 is 39.5 Å². The van der Waals surface area contributed by atoms with Crippen LogP contribution in [0.1, 0.15) is 363 Å². The first-order valence-electron chi connectivity index (χ1n) is 37.4. The highest BCUT2D eigenvalue weighted by molar-refractivity contribution is 7.47. The van der Waals surface area contributed by atoms with E-state index in [4.69, 9.17) is 37.0 Å². The number of carbonyl (C=O) groups excluding carboxylic acids is 4. The third kappa shape index (κ3) is 65.1. The van der Waals surface area contributed by atoms with E-state index in [1.165, 1.54) is 167 Å². The minimum absolute atomic E-state index is 0.101. The van der Waals surface area contributed by atoms with Crippen molar-refractivity contribution in [2.24, 2.45) is 17.8 Å². The van der Waals surface area contributed by atoms with Gasteiger partial charge in [0.2, 0.25) is 0 Å². The lowest BCUT2D eigenvalue weighted by Gasteiger charge is -2.21. The lowest BCUT2D eigenvalue weighted by atomic mass is 9.99. The van der Waals surface area contributed by atoms with Crippen LogP contribution >= 0.6 is 15.6 Å². The number of aliphatic hydroxyl groups excluding tert-OH is 1. The van der Waals surface area contributed by atoms with E-state index in [1.807, 2.05) is 0 Å². The smallest absolute Gasteiger partial charge is 0.462 e. The highest BCUT2D eigenvalue weighted by Crippen LogP contribution is 2.45. The van der Waals surface area contributed by atoms with E-state index >= 15 is 0 Å². The van der Waals surface area contributed by atoms with Crippen LogP contribution in [0, 0.1) is 17.8 Å². The van der Waals surface area contributed by atoms with Crippen LogP contribution < -0.4 is 0 Å². The SMILES string of the molecule is CCCCCCCCCCCCCC(=O)OC[C@H](COP(=O)(O)OC[C@@H](O)COP(=O)(O)OC[C@@H](COC(=O)CCCCCCCCC(C)C)OC(=O)CCCCCCCCC(C)C)OC(=O)CCCCCCCCCCCCCCCCCCCCC(C)CC. The van der Waals surface area contributed by atoms with Gasteiger partial charge in [-0.05, 0) is 43.4 Å². The van der Waals surface area contributed by atoms with E-state index in [0.717, 1.165) is 102 Å². The Bertz CT molecular complexity index is 1790. The summed E-state index contributed by atoms with van der Waals surface area (Å²) in [6.07, 6.45) is 47.6. The first-order chi connectivity index (χ1) is 43.8. The largest absolute Gasteiger partial charge is 0.472 e. The summed E-state index contributed by atoms with van der Waals surface area (Å²) in [6.45, 7) is 11.7. The normalized spacial score (nSPS) is 14.5. The number of phosphoric ester groups is 2. The highest BCUT2D eigenvalue weighted by atomic mass is 31.2. The topological polar surface area (TPSA) is 237 Å². The van der Waals surface area contributed by atoms with Gasteiger partial charge >= 0.3 is 39.5 Å². The molecule has 0 heterocycles. The fraction of sp³-hybridized carbons (Fsp3) is 0.944. The number of aliphatic hydroxyl groups is 1. The van der Waals surface area contributed by atoms with E-state index in [2.05, 4.69) is 48.5 Å². The maximum Gasteiger partial charge on any atom is 0.472 e. The summed E-state index contributed by atoms with van der Waals surface area (Å²) in [7, 11) is -9.90. The summed E-state index contributed by atoms with van der Waals surface area (Å²) < 4.78 is 68.2. The van der Waals surface area contributed by atoms with Gasteiger partial charge in [-0.2, -0.15) is 0 Å². The summed E-state index contributed by atoms with van der Waals surface area (Å²) in [5.41, 5.74) is 0. The molecule has 0 aliphatic carbocycles. The van der Waals surface area contributed by atoms with Crippen LogP contribution in [0.5, 0.6) is 0 Å². The summed E-state index contributed by atoms with van der Waals surface area (Å²) in [5, 5.41) is 10.6. The van der Waals surface area contributed by atoms with Gasteiger partial charge in [0.05, 0.1) is 26.4 Å². The minimum atomic E-state index is -4.95. The monoisotopic (exact) mass is 1340 g/mol. The van der Waals surface area contributed by atoms with E-state index in [-0.39, 0.29) is 25.7 Å². The van der Waals surface area contributed by atoms with Gasteiger partial charge in [0.15, 0.2) is 12.2 Å². The van der Waals surface area contributed by atoms with E-state index in [1.54, 1.807) is 0 Å². The Hall–Kier alpha value is -1.94. The molecule has 0 rings (SSSR count). The van der Waals surface area contributed by atoms with Crippen LogP contribution in [0.25, 0.3) is 0 Å². The van der Waals surface area contributed by atoms with Crippen LogP contribution in [-0.2, 0) is 65.4 Å². The second kappa shape index (κ2) is 62.8. The maximum atomic E-state index is 13.0. The molecule has 0 aromatic carbocycles. The molecule has 0 aliphatic rings. The lowest BCUT2D eigenvalue weighted by molar-refractivity contribution is -0.161. The Balaban J connectivity index is 5.13. The third-order valence-corrected chi connectivity index (χ3v) is 18.9. The van der Waals surface area contributed by atoms with Crippen molar-refractivity contribution in [1.29, 1.82) is 0 Å². The molecule has 0 aromatic rings. The van der Waals surface area contributed by atoms with Crippen LogP contribution in [0.4, 0.5) is 0 Å². The Morgan fingerprint density at radius 2 is 0.560 bits per heavy atom. The van der Waals surface area contributed by atoms with E-state index < -0.39 is 97.5 Å². The molecule has 3 unspecified atom stereocenters. The molecule has 540 valence electrons. The van der Waals surface area contributed by atoms with Gasteiger partial charge in [0.25, 0.3) is 0 Å². The number of phosphoric acid groups is 2. The minimum Gasteiger partial charge on any atom is -0.462 e. The standard InChI is InChI=1S/C72H140O17P2/c1-8-10-11-12-13-14-23-27-30-39-46-53-69(74)82-59-67(88-71(76)55-48-41-31-28-25-22-20-18-16-15-17-19-21-24-26-29-38-45-52-65(7)9-2)61-86-90(78,79)84-57-66(73)58-85-91(80,81)87-62-68(89-72(77)56-49-42-35-33-37-44-51-64(5)6)60-83-70(75)54-47-40-34-32-36-43-50-63(3)4/h63-68,73H,8-62H2,1-7H3,(H,78,79)(H,80,81)/t65?,66-,67-,68-/m1/s1. The van der Waals surface area contributed by atoms with Crippen molar-refractivity contribution in [2.75, 3.05) is 39.6 Å². The molecular formula is C72H140O17P2. The van der Waals surface area contributed by atoms with Crippen LogP contribution in [-0.4, -0.2) is 96.7 Å². The molecule has 0 saturated carbocycles. The Labute approximate surface area is 556 Å². The second-order valence-electron chi connectivity index (χ2n) is 27.2. The Kier molecular flexibility index (Phi) is 61.5. The average Bonchev–Trinajstić information content (AvgIpc) is 3.37. The van der Waals surface area contributed by atoms with Crippen molar-refractivity contribution in [3.05, 3.63) is 0 Å². The van der Waals surface area contributed by atoms with Crippen LogP contribution in [0.15, 0.2) is 0 Å². The predicted octanol–water partition coefficient (Wildman–Crippen LogP) is 20.6. The first-order valence-corrected chi connectivity index (χ1v) is 40.4. The highest BCUT2D eigenvalue weighted by Gasteiger charge is 2.30. The molecule has 0 saturated heterocycles. The van der Waals surface area contributed by atoms with Gasteiger partial charge in [-0.1, -0.05) is 312 Å². The number of hydrogen-bond donors (Lipinski definition) is 3. The lowest BCUT2D eigenvalue weighted by Crippen LogP contribution is -2.30. The molecule has 17 nitrogen and oxygen atoms in total. The van der Waals surface area contributed by atoms with Gasteiger partial charge < -0.3 is 33.8 Å². The number of rotatable bonds is 70. The molecule has 0 fully saturated rings. The number of carbonyl (C=O) groups is 4. The second-order valence-corrected chi connectivity index (χ2v) is 30.1. The number of esters is 4. The fourth-order valence-corrected chi connectivity index (χ4v) is 12.4. The number of ether oxygens (including phenoxy) is 4. The van der Waals surface area contributed by atoms with Crippen molar-refractivity contribution in [2.45, 2.75) is 381 Å². The number of unbranched alkanes of at least 4 members (excludes halogenated alkanes) is 37. The van der Waals surface area contributed by atoms with Gasteiger partial charge in [0.1, 0.15) is 19.3 Å². The van der Waals surface area contributed by atoms with Gasteiger partial charge in [-0.3, -0.25) is 37.3 Å². The van der Waals surface area contributed by atoms with Crippen LogP contribution in [0.3, 0.4) is 0 Å². The molecule has 6 atom stereocenters. The summed E-state index contributed by atoms with van der Waals surface area (Å²) in [6, 6.07) is 0. The molecule has 3 N–H and O–H groups in total. The molecule has 0 amide bonds. The predicted molar refractivity (Wildman–Crippen MR) is 368 cm³/mol. The Morgan fingerprint density at radius 3 is 0.835 bits per heavy atom. The van der Waals surface area contributed by atoms with Crippen molar-refractivity contribution in [1.82, 2.24) is 0 Å². The zero-order valence-electron chi connectivity index (χ0n) is 59.3. The fourth-order valence-electron chi connectivity index (χ4n) is 10.9. The zero-order chi connectivity index (χ0) is 67.3.